The van der Waals surface area contributed by atoms with Gasteiger partial charge in [0.2, 0.25) is 0 Å². The van der Waals surface area contributed by atoms with E-state index in [2.05, 4.69) is 23.1 Å². The molecule has 2 heterocycles. The number of nitrogens with zero attached hydrogens (tertiary/aromatic N) is 2. The van der Waals surface area contributed by atoms with Crippen LogP contribution in [0.25, 0.3) is 0 Å². The number of benzene rings is 1. The maximum absolute atomic E-state index is 12.3. The minimum Gasteiger partial charge on any atom is -0.444 e. The van der Waals surface area contributed by atoms with Gasteiger partial charge in [-0.05, 0) is 56.9 Å². The summed E-state index contributed by atoms with van der Waals surface area (Å²) < 4.78 is 10.9. The molecule has 1 saturated heterocycles. The summed E-state index contributed by atoms with van der Waals surface area (Å²) >= 11 is 0. The number of hydrogen-bond acceptors (Lipinski definition) is 4. The number of carbonyl (C=O) groups is 1. The fourth-order valence-electron chi connectivity index (χ4n) is 3.38. The summed E-state index contributed by atoms with van der Waals surface area (Å²) in [4.78, 5) is 16.4. The van der Waals surface area contributed by atoms with Crippen LogP contribution in [0.1, 0.15) is 44.7 Å². The van der Waals surface area contributed by atoms with Crippen LogP contribution in [0.4, 0.5) is 10.5 Å². The van der Waals surface area contributed by atoms with Crippen LogP contribution in [0.3, 0.4) is 0 Å². The summed E-state index contributed by atoms with van der Waals surface area (Å²) in [5.74, 6) is 0. The third-order valence-corrected chi connectivity index (χ3v) is 4.70. The maximum atomic E-state index is 12.3. The Morgan fingerprint density at radius 2 is 1.79 bits per heavy atom. The lowest BCUT2D eigenvalue weighted by atomic mass is 10.0. The number of methoxy groups -OCH3 is 1. The van der Waals surface area contributed by atoms with Gasteiger partial charge in [-0.25, -0.2) is 4.79 Å². The van der Waals surface area contributed by atoms with E-state index in [1.807, 2.05) is 20.8 Å². The first kappa shape index (κ1) is 17.1. The van der Waals surface area contributed by atoms with Gasteiger partial charge < -0.3 is 14.4 Å². The molecule has 1 aromatic rings. The molecule has 0 aromatic heterocycles. The van der Waals surface area contributed by atoms with E-state index >= 15 is 0 Å². The molecular formula is C19H28N2O3. The molecule has 1 aromatic carbocycles. The fraction of sp³-hybridized carbons (Fsp3) is 0.632. The molecule has 5 heteroatoms. The highest BCUT2D eigenvalue weighted by atomic mass is 16.6. The highest BCUT2D eigenvalue weighted by molar-refractivity contribution is 5.69. The summed E-state index contributed by atoms with van der Waals surface area (Å²) in [5.41, 5.74) is 3.24. The van der Waals surface area contributed by atoms with E-state index in [-0.39, 0.29) is 6.09 Å². The Morgan fingerprint density at radius 1 is 1.12 bits per heavy atom. The van der Waals surface area contributed by atoms with E-state index in [4.69, 9.17) is 9.47 Å². The molecule has 0 atom stereocenters. The largest absolute Gasteiger partial charge is 0.444 e. The van der Waals surface area contributed by atoms with Crippen molar-refractivity contribution in [1.82, 2.24) is 4.90 Å². The maximum Gasteiger partial charge on any atom is 0.410 e. The van der Waals surface area contributed by atoms with Gasteiger partial charge in [0.25, 0.3) is 0 Å². The van der Waals surface area contributed by atoms with Crippen LogP contribution in [-0.4, -0.2) is 42.9 Å². The second-order valence-electron chi connectivity index (χ2n) is 7.71. The van der Waals surface area contributed by atoms with Crippen LogP contribution < -0.4 is 4.90 Å². The molecule has 24 heavy (non-hydrogen) atoms. The molecule has 0 unspecified atom stereocenters. The molecule has 0 saturated carbocycles. The van der Waals surface area contributed by atoms with Crippen molar-refractivity contribution in [2.75, 3.05) is 25.1 Å². The zero-order valence-electron chi connectivity index (χ0n) is 15.2. The van der Waals surface area contributed by atoms with Crippen molar-refractivity contribution in [2.45, 2.75) is 58.4 Å². The van der Waals surface area contributed by atoms with Crippen molar-refractivity contribution in [3.63, 3.8) is 0 Å². The predicted octanol–water partition coefficient (Wildman–Crippen LogP) is 3.55. The molecule has 0 spiro atoms. The number of anilines is 1. The van der Waals surface area contributed by atoms with Crippen molar-refractivity contribution in [2.24, 2.45) is 0 Å². The zero-order chi connectivity index (χ0) is 17.3. The summed E-state index contributed by atoms with van der Waals surface area (Å²) in [5, 5.41) is 0. The van der Waals surface area contributed by atoms with Gasteiger partial charge in [0.1, 0.15) is 5.60 Å². The monoisotopic (exact) mass is 332 g/mol. The normalized spacial score (nSPS) is 18.7. The average molecular weight is 332 g/mol. The van der Waals surface area contributed by atoms with Gasteiger partial charge in [0, 0.05) is 39.0 Å². The molecule has 2 aliphatic rings. The summed E-state index contributed by atoms with van der Waals surface area (Å²) in [7, 11) is 1.79. The molecule has 0 radical (unpaired) electrons. The van der Waals surface area contributed by atoms with Crippen LogP contribution in [0.5, 0.6) is 0 Å². The van der Waals surface area contributed by atoms with Crippen molar-refractivity contribution in [1.29, 1.82) is 0 Å². The van der Waals surface area contributed by atoms with Gasteiger partial charge in [0.15, 0.2) is 0 Å². The van der Waals surface area contributed by atoms with Gasteiger partial charge >= 0.3 is 6.09 Å². The number of hydrogen-bond donors (Lipinski definition) is 0. The van der Waals surface area contributed by atoms with E-state index in [1.165, 1.54) is 16.8 Å². The van der Waals surface area contributed by atoms with E-state index in [0.717, 1.165) is 25.9 Å². The molecule has 3 rings (SSSR count). The molecule has 0 aliphatic carbocycles. The van der Waals surface area contributed by atoms with E-state index in [1.54, 1.807) is 12.0 Å². The Bertz CT molecular complexity index is 601. The number of ether oxygens (including phenoxy) is 2. The van der Waals surface area contributed by atoms with Gasteiger partial charge in [-0.15, -0.1) is 0 Å². The van der Waals surface area contributed by atoms with Crippen molar-refractivity contribution in [3.8, 4) is 0 Å². The van der Waals surface area contributed by atoms with Crippen molar-refractivity contribution >= 4 is 11.8 Å². The van der Waals surface area contributed by atoms with Crippen LogP contribution >= 0.6 is 0 Å². The number of rotatable bonds is 2. The van der Waals surface area contributed by atoms with Crippen LogP contribution in [0.2, 0.25) is 0 Å². The fourth-order valence-corrected chi connectivity index (χ4v) is 3.38. The predicted molar refractivity (Wildman–Crippen MR) is 94.2 cm³/mol. The highest BCUT2D eigenvalue weighted by Crippen LogP contribution is 2.30. The summed E-state index contributed by atoms with van der Waals surface area (Å²) in [6.07, 6.45) is 2.29. The number of carbonyl (C=O) groups excluding carboxylic acids is 1. The first-order chi connectivity index (χ1) is 11.4. The lowest BCUT2D eigenvalue weighted by Crippen LogP contribution is -2.36. The molecule has 1 fully saturated rings. The number of fused-ring (bicyclic) bond motifs is 1. The molecular weight excluding hydrogens is 304 g/mol. The Labute approximate surface area is 144 Å². The van der Waals surface area contributed by atoms with Crippen LogP contribution in [0, 0.1) is 0 Å². The average Bonchev–Trinajstić information content (AvgIpc) is 2.96. The standard InChI is InChI=1S/C19H28N2O3/c1-19(2,3)24-18(22)21-12-14-5-6-16(11-15(14)13-21)20-9-7-17(23-4)8-10-20/h5-6,11,17H,7-10,12-13H2,1-4H3. The first-order valence-corrected chi connectivity index (χ1v) is 8.73. The lowest BCUT2D eigenvalue weighted by molar-refractivity contribution is 0.0242. The Morgan fingerprint density at radius 3 is 2.42 bits per heavy atom. The lowest BCUT2D eigenvalue weighted by Gasteiger charge is -2.33. The Hall–Kier alpha value is -1.75. The molecule has 0 bridgehead atoms. The van der Waals surface area contributed by atoms with E-state index < -0.39 is 5.60 Å². The molecule has 1 amide bonds. The summed E-state index contributed by atoms with van der Waals surface area (Å²) in [6.45, 7) is 9.00. The van der Waals surface area contributed by atoms with Gasteiger partial charge in [-0.1, -0.05) is 6.07 Å². The van der Waals surface area contributed by atoms with Gasteiger partial charge in [0.05, 0.1) is 6.10 Å². The molecule has 2 aliphatic heterocycles. The minimum atomic E-state index is -0.456. The second-order valence-corrected chi connectivity index (χ2v) is 7.71. The molecule has 0 N–H and O–H groups in total. The quantitative estimate of drug-likeness (QED) is 0.830. The third-order valence-electron chi connectivity index (χ3n) is 4.70. The van der Waals surface area contributed by atoms with Crippen LogP contribution in [0.15, 0.2) is 18.2 Å². The van der Waals surface area contributed by atoms with Gasteiger partial charge in [-0.2, -0.15) is 0 Å². The summed E-state index contributed by atoms with van der Waals surface area (Å²) in [6, 6.07) is 6.55. The second kappa shape index (κ2) is 6.63. The van der Waals surface area contributed by atoms with E-state index in [9.17, 15) is 4.79 Å². The third kappa shape index (κ3) is 3.83. The Balaban J connectivity index is 1.65. The number of amides is 1. The molecule has 132 valence electrons. The highest BCUT2D eigenvalue weighted by Gasteiger charge is 2.28. The minimum absolute atomic E-state index is 0.235. The zero-order valence-corrected chi connectivity index (χ0v) is 15.2. The van der Waals surface area contributed by atoms with Crippen molar-refractivity contribution in [3.05, 3.63) is 29.3 Å². The van der Waals surface area contributed by atoms with Crippen molar-refractivity contribution < 1.29 is 14.3 Å². The topological polar surface area (TPSA) is 42.0 Å². The smallest absolute Gasteiger partial charge is 0.410 e. The Kier molecular flexibility index (Phi) is 4.72. The van der Waals surface area contributed by atoms with Crippen LogP contribution in [-0.2, 0) is 22.6 Å². The molecule has 5 nitrogen and oxygen atoms in total. The van der Waals surface area contributed by atoms with Gasteiger partial charge in [-0.3, -0.25) is 4.90 Å². The van der Waals surface area contributed by atoms with E-state index in [0.29, 0.717) is 19.2 Å². The SMILES string of the molecule is COC1CCN(c2ccc3c(c2)CN(C(=O)OC(C)(C)C)C3)CC1. The number of piperidine rings is 1. The first-order valence-electron chi connectivity index (χ1n) is 8.73.